The lowest BCUT2D eigenvalue weighted by Crippen LogP contribution is -2.39. The van der Waals surface area contributed by atoms with Gasteiger partial charge < -0.3 is 16.0 Å². The third-order valence-corrected chi connectivity index (χ3v) is 2.76. The van der Waals surface area contributed by atoms with Crippen LogP contribution in [0.25, 0.3) is 0 Å². The van der Waals surface area contributed by atoms with Crippen LogP contribution < -0.4 is 16.0 Å². The van der Waals surface area contributed by atoms with Crippen LogP contribution in [0.15, 0.2) is 24.3 Å². The molecule has 0 aliphatic carbocycles. The van der Waals surface area contributed by atoms with Gasteiger partial charge in [-0.05, 0) is 30.8 Å². The molecule has 122 valence electrons. The van der Waals surface area contributed by atoms with E-state index in [2.05, 4.69) is 16.0 Å². The van der Waals surface area contributed by atoms with Gasteiger partial charge in [0.2, 0.25) is 5.91 Å². The molecule has 1 aromatic carbocycles. The van der Waals surface area contributed by atoms with Crippen molar-refractivity contribution in [2.24, 2.45) is 0 Å². The van der Waals surface area contributed by atoms with Gasteiger partial charge in [-0.2, -0.15) is 13.2 Å². The molecule has 2 amide bonds. The molecule has 0 radical (unpaired) electrons. The summed E-state index contributed by atoms with van der Waals surface area (Å²) in [4.78, 5) is 23.1. The van der Waals surface area contributed by atoms with Crippen molar-refractivity contribution in [3.63, 3.8) is 0 Å². The second-order valence-electron chi connectivity index (χ2n) is 4.46. The summed E-state index contributed by atoms with van der Waals surface area (Å²) >= 11 is 0. The Kier molecular flexibility index (Phi) is 6.84. The van der Waals surface area contributed by atoms with Crippen LogP contribution in [0.4, 0.5) is 13.2 Å². The Bertz CT molecular complexity index is 501. The third kappa shape index (κ3) is 6.13. The van der Waals surface area contributed by atoms with Crippen LogP contribution in [0, 0.1) is 0 Å². The molecule has 22 heavy (non-hydrogen) atoms. The van der Waals surface area contributed by atoms with Crippen molar-refractivity contribution < 1.29 is 22.8 Å². The smallest absolute Gasteiger partial charge is 0.353 e. The second-order valence-corrected chi connectivity index (χ2v) is 4.46. The van der Waals surface area contributed by atoms with E-state index in [4.69, 9.17) is 0 Å². The number of rotatable bonds is 7. The Morgan fingerprint density at radius 3 is 2.23 bits per heavy atom. The zero-order chi connectivity index (χ0) is 16.6. The Morgan fingerprint density at radius 1 is 1.05 bits per heavy atom. The molecule has 0 heterocycles. The average Bonchev–Trinajstić information content (AvgIpc) is 2.48. The number of amides is 2. The molecular weight excluding hydrogens is 299 g/mol. The van der Waals surface area contributed by atoms with Gasteiger partial charge in [-0.3, -0.25) is 9.59 Å². The fourth-order valence-corrected chi connectivity index (χ4v) is 1.60. The van der Waals surface area contributed by atoms with Gasteiger partial charge in [0, 0.05) is 18.7 Å². The maximum atomic E-state index is 12.4. The molecule has 8 heteroatoms. The number of benzene rings is 1. The van der Waals surface area contributed by atoms with Crippen LogP contribution in [0.2, 0.25) is 0 Å². The molecule has 3 N–H and O–H groups in total. The number of hydrogen-bond donors (Lipinski definition) is 3. The molecule has 0 aromatic heterocycles. The van der Waals surface area contributed by atoms with Crippen LogP contribution in [-0.4, -0.2) is 38.0 Å². The summed E-state index contributed by atoms with van der Waals surface area (Å²) < 4.78 is 37.2. The van der Waals surface area contributed by atoms with Crippen molar-refractivity contribution in [1.29, 1.82) is 0 Å². The van der Waals surface area contributed by atoms with Gasteiger partial charge in [-0.1, -0.05) is 6.92 Å². The quantitative estimate of drug-likeness (QED) is 0.661. The lowest BCUT2D eigenvalue weighted by atomic mass is 10.1. The van der Waals surface area contributed by atoms with Crippen molar-refractivity contribution in [3.8, 4) is 0 Å². The molecule has 0 spiro atoms. The molecule has 5 nitrogen and oxygen atoms in total. The highest BCUT2D eigenvalue weighted by Crippen LogP contribution is 2.28. The first kappa shape index (κ1) is 18.0. The number of likely N-dealkylation sites (N-methyl/N-ethyl adjacent to an activating group) is 1. The van der Waals surface area contributed by atoms with Crippen molar-refractivity contribution in [2.45, 2.75) is 13.1 Å². The van der Waals surface area contributed by atoms with Gasteiger partial charge in [0.1, 0.15) is 0 Å². The van der Waals surface area contributed by atoms with Crippen LogP contribution in [0.3, 0.4) is 0 Å². The summed E-state index contributed by atoms with van der Waals surface area (Å²) in [7, 11) is 0. The van der Waals surface area contributed by atoms with Gasteiger partial charge in [0.05, 0.1) is 12.1 Å². The zero-order valence-corrected chi connectivity index (χ0v) is 12.1. The summed E-state index contributed by atoms with van der Waals surface area (Å²) in [6.07, 6.45) is -4.44. The zero-order valence-electron chi connectivity index (χ0n) is 12.1. The first-order valence-corrected chi connectivity index (χ1v) is 6.77. The number of carbonyl (C=O) groups excluding carboxylic acids is 2. The number of carbonyl (C=O) groups is 2. The van der Waals surface area contributed by atoms with Crippen molar-refractivity contribution in [2.75, 3.05) is 26.2 Å². The molecule has 1 rings (SSSR count). The van der Waals surface area contributed by atoms with E-state index in [1.54, 1.807) is 0 Å². The normalized spacial score (nSPS) is 11.1. The van der Waals surface area contributed by atoms with E-state index in [0.29, 0.717) is 13.1 Å². The molecule has 0 saturated heterocycles. The Hall–Kier alpha value is -2.09. The molecular formula is C14H18F3N3O2. The van der Waals surface area contributed by atoms with Crippen molar-refractivity contribution in [3.05, 3.63) is 35.4 Å². The third-order valence-electron chi connectivity index (χ3n) is 2.76. The number of nitrogens with one attached hydrogen (secondary N) is 3. The summed E-state index contributed by atoms with van der Waals surface area (Å²) in [5, 5.41) is 7.95. The highest BCUT2D eigenvalue weighted by molar-refractivity contribution is 5.96. The number of hydrogen-bond acceptors (Lipinski definition) is 3. The van der Waals surface area contributed by atoms with E-state index in [9.17, 15) is 22.8 Å². The van der Waals surface area contributed by atoms with Crippen LogP contribution in [0.1, 0.15) is 22.8 Å². The lowest BCUT2D eigenvalue weighted by molar-refractivity contribution is -0.137. The molecule has 0 unspecified atom stereocenters. The monoisotopic (exact) mass is 317 g/mol. The van der Waals surface area contributed by atoms with E-state index in [1.807, 2.05) is 6.92 Å². The first-order valence-electron chi connectivity index (χ1n) is 6.77. The fourth-order valence-electron chi connectivity index (χ4n) is 1.60. The second kappa shape index (κ2) is 8.38. The minimum Gasteiger partial charge on any atom is -0.353 e. The minimum atomic E-state index is -4.44. The van der Waals surface area contributed by atoms with Gasteiger partial charge in [0.25, 0.3) is 5.91 Å². The molecule has 0 saturated carbocycles. The molecule has 0 fully saturated rings. The van der Waals surface area contributed by atoms with Gasteiger partial charge in [-0.25, -0.2) is 0 Å². The molecule has 0 atom stereocenters. The highest BCUT2D eigenvalue weighted by atomic mass is 19.4. The van der Waals surface area contributed by atoms with E-state index < -0.39 is 17.6 Å². The summed E-state index contributed by atoms with van der Waals surface area (Å²) in [5.41, 5.74) is -0.765. The van der Waals surface area contributed by atoms with Crippen LogP contribution in [-0.2, 0) is 11.0 Å². The van der Waals surface area contributed by atoms with Crippen molar-refractivity contribution in [1.82, 2.24) is 16.0 Å². The number of alkyl halides is 3. The van der Waals surface area contributed by atoms with E-state index in [-0.39, 0.29) is 18.0 Å². The van der Waals surface area contributed by atoms with E-state index in [1.165, 1.54) is 0 Å². The maximum Gasteiger partial charge on any atom is 0.416 e. The van der Waals surface area contributed by atoms with Gasteiger partial charge in [0.15, 0.2) is 0 Å². The predicted octanol–water partition coefficient (Wildman–Crippen LogP) is 1.16. The molecule has 0 aliphatic rings. The summed E-state index contributed by atoms with van der Waals surface area (Å²) in [6, 6.07) is 3.79. The first-order chi connectivity index (χ1) is 10.3. The van der Waals surface area contributed by atoms with Gasteiger partial charge >= 0.3 is 6.18 Å². The topological polar surface area (TPSA) is 70.2 Å². The van der Waals surface area contributed by atoms with Crippen molar-refractivity contribution >= 4 is 11.8 Å². The Labute approximate surface area is 126 Å². The van der Waals surface area contributed by atoms with E-state index >= 15 is 0 Å². The molecule has 1 aromatic rings. The maximum absolute atomic E-state index is 12.4. The standard InChI is InChI=1S/C14H18F3N3O2/c1-2-18-7-8-19-12(21)9-20-13(22)10-3-5-11(6-4-10)14(15,16)17/h3-6,18H,2,7-9H2,1H3,(H,19,21)(H,20,22). The minimum absolute atomic E-state index is 0.0634. The lowest BCUT2D eigenvalue weighted by Gasteiger charge is -2.09. The Balaban J connectivity index is 2.40. The number of halogens is 3. The van der Waals surface area contributed by atoms with Crippen LogP contribution in [0.5, 0.6) is 0 Å². The van der Waals surface area contributed by atoms with E-state index in [0.717, 1.165) is 30.8 Å². The summed E-state index contributed by atoms with van der Waals surface area (Å²) in [5.74, 6) is -0.964. The summed E-state index contributed by atoms with van der Waals surface area (Å²) in [6.45, 7) is 3.55. The fraction of sp³-hybridized carbons (Fsp3) is 0.429. The van der Waals surface area contributed by atoms with Crippen LogP contribution >= 0.6 is 0 Å². The largest absolute Gasteiger partial charge is 0.416 e. The van der Waals surface area contributed by atoms with Gasteiger partial charge in [-0.15, -0.1) is 0 Å². The molecule has 0 bridgehead atoms. The molecule has 0 aliphatic heterocycles. The SMILES string of the molecule is CCNCCNC(=O)CNC(=O)c1ccc(C(F)(F)F)cc1. The highest BCUT2D eigenvalue weighted by Gasteiger charge is 2.30. The predicted molar refractivity (Wildman–Crippen MR) is 75.3 cm³/mol. The Morgan fingerprint density at radius 2 is 1.68 bits per heavy atom. The average molecular weight is 317 g/mol.